The Morgan fingerprint density at radius 3 is 2.41 bits per heavy atom. The third kappa shape index (κ3) is 6.03. The van der Waals surface area contributed by atoms with E-state index in [1.807, 2.05) is 6.92 Å². The van der Waals surface area contributed by atoms with Gasteiger partial charge < -0.3 is 15.0 Å². The number of carbonyl (C=O) groups is 1. The fraction of sp³-hybridized carbons (Fsp3) is 0.682. The summed E-state index contributed by atoms with van der Waals surface area (Å²) in [6.45, 7) is 7.77. The van der Waals surface area contributed by atoms with E-state index in [1.54, 1.807) is 4.90 Å². The van der Waals surface area contributed by atoms with Crippen LogP contribution in [-0.4, -0.2) is 62.6 Å². The Morgan fingerprint density at radius 1 is 1.17 bits per heavy atom. The molecule has 7 heteroatoms. The number of nitrogens with one attached hydrogen (secondary N) is 1. The van der Waals surface area contributed by atoms with Gasteiger partial charge in [0.1, 0.15) is 0 Å². The Bertz CT molecular complexity index is 786. The summed E-state index contributed by atoms with van der Waals surface area (Å²) in [5.74, 6) is 0.674. The lowest BCUT2D eigenvalue weighted by molar-refractivity contribution is -0.134. The SMILES string of the molecule is CC(C)c1ccc(C(C)NCC(=O)N(CC2CCCO2)C2CCS(=O)(=O)C2)cc1. The molecule has 1 amide bonds. The number of carbonyl (C=O) groups excluding carboxylic acids is 1. The van der Waals surface area contributed by atoms with Gasteiger partial charge in [-0.15, -0.1) is 0 Å². The summed E-state index contributed by atoms with van der Waals surface area (Å²) in [6, 6.07) is 8.27. The number of rotatable bonds is 8. The molecule has 2 fully saturated rings. The van der Waals surface area contributed by atoms with Crippen molar-refractivity contribution in [3.63, 3.8) is 0 Å². The van der Waals surface area contributed by atoms with Crippen LogP contribution in [0, 0.1) is 0 Å². The molecule has 0 spiro atoms. The minimum absolute atomic E-state index is 0.0169. The van der Waals surface area contributed by atoms with Crippen LogP contribution >= 0.6 is 0 Å². The van der Waals surface area contributed by atoms with Crippen molar-refractivity contribution in [3.05, 3.63) is 35.4 Å². The maximum Gasteiger partial charge on any atom is 0.236 e. The highest BCUT2D eigenvalue weighted by atomic mass is 32.2. The molecule has 2 heterocycles. The number of ether oxygens (including phenoxy) is 1. The second-order valence-corrected chi connectivity index (χ2v) is 10.9. The summed E-state index contributed by atoms with van der Waals surface area (Å²) in [6.07, 6.45) is 2.46. The van der Waals surface area contributed by atoms with E-state index in [2.05, 4.69) is 43.4 Å². The third-order valence-electron chi connectivity index (χ3n) is 6.06. The van der Waals surface area contributed by atoms with Gasteiger partial charge in [0.2, 0.25) is 5.91 Å². The molecule has 1 N–H and O–H groups in total. The van der Waals surface area contributed by atoms with Crippen LogP contribution in [-0.2, 0) is 19.4 Å². The van der Waals surface area contributed by atoms with E-state index in [1.165, 1.54) is 5.56 Å². The number of sulfone groups is 1. The van der Waals surface area contributed by atoms with Crippen LogP contribution in [0.4, 0.5) is 0 Å². The van der Waals surface area contributed by atoms with Crippen molar-refractivity contribution in [3.8, 4) is 0 Å². The topological polar surface area (TPSA) is 75.7 Å². The molecule has 2 saturated heterocycles. The quantitative estimate of drug-likeness (QED) is 0.697. The molecule has 2 aliphatic heterocycles. The molecule has 0 aliphatic carbocycles. The average molecular weight is 423 g/mol. The van der Waals surface area contributed by atoms with Crippen molar-refractivity contribution >= 4 is 15.7 Å². The van der Waals surface area contributed by atoms with Crippen LogP contribution in [0.2, 0.25) is 0 Å². The van der Waals surface area contributed by atoms with Crippen LogP contribution in [0.15, 0.2) is 24.3 Å². The van der Waals surface area contributed by atoms with Gasteiger partial charge in [-0.05, 0) is 43.2 Å². The first-order valence-corrected chi connectivity index (χ1v) is 12.5. The summed E-state index contributed by atoms with van der Waals surface area (Å²) in [5.41, 5.74) is 2.43. The van der Waals surface area contributed by atoms with Crippen LogP contribution in [0.1, 0.15) is 63.1 Å². The molecular formula is C22H34N2O4S. The molecule has 1 aromatic carbocycles. The van der Waals surface area contributed by atoms with E-state index in [0.29, 0.717) is 18.9 Å². The molecule has 29 heavy (non-hydrogen) atoms. The summed E-state index contributed by atoms with van der Waals surface area (Å²) >= 11 is 0. The summed E-state index contributed by atoms with van der Waals surface area (Å²) in [4.78, 5) is 14.8. The molecule has 3 atom stereocenters. The first-order chi connectivity index (χ1) is 13.7. The number of amides is 1. The lowest BCUT2D eigenvalue weighted by atomic mass is 9.99. The lowest BCUT2D eigenvalue weighted by Gasteiger charge is -2.31. The van der Waals surface area contributed by atoms with Crippen molar-refractivity contribution in [2.24, 2.45) is 0 Å². The van der Waals surface area contributed by atoms with Gasteiger partial charge in [-0.3, -0.25) is 4.79 Å². The number of nitrogens with zero attached hydrogens (tertiary/aromatic N) is 1. The molecular weight excluding hydrogens is 388 g/mol. The maximum absolute atomic E-state index is 13.0. The van der Waals surface area contributed by atoms with Crippen molar-refractivity contribution in [1.29, 1.82) is 0 Å². The predicted molar refractivity (Wildman–Crippen MR) is 115 cm³/mol. The largest absolute Gasteiger partial charge is 0.376 e. The van der Waals surface area contributed by atoms with E-state index in [4.69, 9.17) is 4.74 Å². The average Bonchev–Trinajstić information content (AvgIpc) is 3.33. The molecule has 0 radical (unpaired) electrons. The van der Waals surface area contributed by atoms with Crippen molar-refractivity contribution in [2.75, 3.05) is 31.2 Å². The standard InChI is InChI=1S/C22H34N2O4S/c1-16(2)18-6-8-19(9-7-18)17(3)23-13-22(25)24(14-21-5-4-11-28-21)20-10-12-29(26,27)15-20/h6-9,16-17,20-21,23H,4-5,10-15H2,1-3H3. The zero-order valence-corrected chi connectivity index (χ0v) is 18.6. The smallest absolute Gasteiger partial charge is 0.236 e. The van der Waals surface area contributed by atoms with Crippen LogP contribution in [0.3, 0.4) is 0 Å². The van der Waals surface area contributed by atoms with Crippen molar-refractivity contribution in [2.45, 2.75) is 64.1 Å². The second kappa shape index (κ2) is 9.58. The lowest BCUT2D eigenvalue weighted by Crippen LogP contribution is -2.48. The molecule has 0 bridgehead atoms. The van der Waals surface area contributed by atoms with Crippen molar-refractivity contribution in [1.82, 2.24) is 10.2 Å². The molecule has 3 unspecified atom stereocenters. The molecule has 0 saturated carbocycles. The van der Waals surface area contributed by atoms with Gasteiger partial charge in [0.25, 0.3) is 0 Å². The van der Waals surface area contributed by atoms with E-state index >= 15 is 0 Å². The van der Waals surface area contributed by atoms with E-state index < -0.39 is 9.84 Å². The van der Waals surface area contributed by atoms with Crippen molar-refractivity contribution < 1.29 is 17.9 Å². The highest BCUT2D eigenvalue weighted by Gasteiger charge is 2.36. The van der Waals surface area contributed by atoms with E-state index in [0.717, 1.165) is 25.0 Å². The van der Waals surface area contributed by atoms with E-state index in [9.17, 15) is 13.2 Å². The Balaban J connectivity index is 1.61. The minimum Gasteiger partial charge on any atom is -0.376 e. The molecule has 6 nitrogen and oxygen atoms in total. The first kappa shape index (κ1) is 22.2. The Kier molecular flexibility index (Phi) is 7.35. The molecule has 162 valence electrons. The highest BCUT2D eigenvalue weighted by molar-refractivity contribution is 7.91. The fourth-order valence-corrected chi connectivity index (χ4v) is 5.84. The van der Waals surface area contributed by atoms with Crippen LogP contribution in [0.25, 0.3) is 0 Å². The monoisotopic (exact) mass is 422 g/mol. The van der Waals surface area contributed by atoms with Crippen LogP contribution < -0.4 is 5.32 Å². The fourth-order valence-electron chi connectivity index (χ4n) is 4.11. The zero-order valence-electron chi connectivity index (χ0n) is 17.8. The Labute approximate surface area is 174 Å². The number of hydrogen-bond donors (Lipinski definition) is 1. The molecule has 1 aromatic rings. The number of benzene rings is 1. The maximum atomic E-state index is 13.0. The third-order valence-corrected chi connectivity index (χ3v) is 7.81. The normalized spacial score (nSPS) is 24.7. The second-order valence-electron chi connectivity index (χ2n) is 8.66. The van der Waals surface area contributed by atoms with Gasteiger partial charge in [0.05, 0.1) is 24.2 Å². The van der Waals surface area contributed by atoms with Gasteiger partial charge in [0.15, 0.2) is 9.84 Å². The number of hydrogen-bond acceptors (Lipinski definition) is 5. The molecule has 3 rings (SSSR count). The molecule has 2 aliphatic rings. The van der Waals surface area contributed by atoms with Gasteiger partial charge in [-0.25, -0.2) is 8.42 Å². The Morgan fingerprint density at radius 2 is 1.86 bits per heavy atom. The summed E-state index contributed by atoms with van der Waals surface area (Å²) in [7, 11) is -3.05. The van der Waals surface area contributed by atoms with Gasteiger partial charge >= 0.3 is 0 Å². The van der Waals surface area contributed by atoms with E-state index in [-0.39, 0.29) is 42.1 Å². The van der Waals surface area contributed by atoms with Crippen LogP contribution in [0.5, 0.6) is 0 Å². The van der Waals surface area contributed by atoms with Gasteiger partial charge in [-0.1, -0.05) is 38.1 Å². The highest BCUT2D eigenvalue weighted by Crippen LogP contribution is 2.22. The minimum atomic E-state index is -3.05. The first-order valence-electron chi connectivity index (χ1n) is 10.7. The summed E-state index contributed by atoms with van der Waals surface area (Å²) < 4.78 is 29.6. The Hall–Kier alpha value is -1.44. The van der Waals surface area contributed by atoms with Gasteiger partial charge in [-0.2, -0.15) is 0 Å². The predicted octanol–water partition coefficient (Wildman–Crippen LogP) is 2.66. The summed E-state index contributed by atoms with van der Waals surface area (Å²) in [5, 5.41) is 3.32. The van der Waals surface area contributed by atoms with Gasteiger partial charge in [0, 0.05) is 25.2 Å². The molecule has 0 aromatic heterocycles. The zero-order chi connectivity index (χ0) is 21.0.